The highest BCUT2D eigenvalue weighted by molar-refractivity contribution is 5.88. The number of carbonyl (C=O) groups is 1. The van der Waals surface area contributed by atoms with Crippen molar-refractivity contribution in [3.8, 4) is 0 Å². The van der Waals surface area contributed by atoms with Crippen molar-refractivity contribution in [3.63, 3.8) is 0 Å². The maximum atomic E-state index is 14.1. The summed E-state index contributed by atoms with van der Waals surface area (Å²) >= 11 is 0. The quantitative estimate of drug-likeness (QED) is 0.774. The summed E-state index contributed by atoms with van der Waals surface area (Å²) in [4.78, 5) is 28.4. The molecule has 0 radical (unpaired) electrons. The topological polar surface area (TPSA) is 70.6 Å². The van der Waals surface area contributed by atoms with Gasteiger partial charge in [-0.25, -0.2) is 9.97 Å². The van der Waals surface area contributed by atoms with Crippen molar-refractivity contribution in [1.82, 2.24) is 19.8 Å². The van der Waals surface area contributed by atoms with E-state index in [0.29, 0.717) is 19.8 Å². The van der Waals surface area contributed by atoms with Gasteiger partial charge in [0.1, 0.15) is 11.6 Å². The Bertz CT molecular complexity index is 990. The van der Waals surface area contributed by atoms with Crippen molar-refractivity contribution >= 4 is 11.7 Å². The van der Waals surface area contributed by atoms with E-state index in [0.717, 1.165) is 74.6 Å². The number of fused-ring (bicyclic) bond motifs is 1. The van der Waals surface area contributed by atoms with Crippen molar-refractivity contribution in [3.05, 3.63) is 53.0 Å². The van der Waals surface area contributed by atoms with Crippen LogP contribution in [0.2, 0.25) is 0 Å². The minimum Gasteiger partial charge on any atom is -0.381 e. The van der Waals surface area contributed by atoms with Crippen LogP contribution in [-0.2, 0) is 27.9 Å². The number of carbonyl (C=O) groups excluding carboxylic acids is 1. The third-order valence-electron chi connectivity index (χ3n) is 7.67. The number of hydrogen-bond acceptors (Lipinski definition) is 6. The van der Waals surface area contributed by atoms with Crippen LogP contribution in [-0.4, -0.2) is 72.6 Å². The third-order valence-corrected chi connectivity index (χ3v) is 7.67. The lowest BCUT2D eigenvalue weighted by atomic mass is 9.72. The molecule has 1 aromatic heterocycles. The molecule has 2 saturated heterocycles. The van der Waals surface area contributed by atoms with Crippen molar-refractivity contribution in [1.29, 1.82) is 0 Å². The van der Waals surface area contributed by atoms with Gasteiger partial charge in [0.25, 0.3) is 0 Å². The number of rotatable bonds is 4. The maximum Gasteiger partial charge on any atom is 0.233 e. The molecule has 1 amide bonds. The Kier molecular flexibility index (Phi) is 6.34. The standard InChI is InChI=1S/C26H35N5O2/c1-27-24-21-10-14-30(2)18-22(21)28-23(29-24)19-7-6-13-31(17-19)25(32)26(11-15-33-16-12-26)20-8-4-3-5-9-20/h3-5,8-9,19H,6-7,10-18H2,1-2H3,(H,27,28,29)/t19-/m0/s1. The molecule has 1 N–H and O–H groups in total. The van der Waals surface area contributed by atoms with E-state index >= 15 is 0 Å². The van der Waals surface area contributed by atoms with E-state index in [4.69, 9.17) is 14.7 Å². The molecule has 4 heterocycles. The van der Waals surface area contributed by atoms with Crippen LogP contribution in [0.25, 0.3) is 0 Å². The number of ether oxygens (including phenoxy) is 1. The number of anilines is 1. The second-order valence-corrected chi connectivity index (χ2v) is 9.74. The Labute approximate surface area is 196 Å². The fourth-order valence-electron chi connectivity index (χ4n) is 5.75. The highest BCUT2D eigenvalue weighted by atomic mass is 16.5. The number of nitrogens with one attached hydrogen (secondary N) is 1. The molecule has 3 aliphatic heterocycles. The van der Waals surface area contributed by atoms with Crippen LogP contribution in [0, 0.1) is 0 Å². The molecule has 0 aliphatic carbocycles. The van der Waals surface area contributed by atoms with Gasteiger partial charge >= 0.3 is 0 Å². The number of likely N-dealkylation sites (N-methyl/N-ethyl adjacent to an activating group) is 1. The smallest absolute Gasteiger partial charge is 0.233 e. The van der Waals surface area contributed by atoms with Gasteiger partial charge < -0.3 is 19.9 Å². The van der Waals surface area contributed by atoms with Crippen molar-refractivity contribution in [2.75, 3.05) is 52.3 Å². The van der Waals surface area contributed by atoms with Gasteiger partial charge in [-0.2, -0.15) is 0 Å². The van der Waals surface area contributed by atoms with Gasteiger partial charge in [-0.1, -0.05) is 30.3 Å². The molecular formula is C26H35N5O2. The predicted octanol–water partition coefficient (Wildman–Crippen LogP) is 2.96. The zero-order valence-electron chi connectivity index (χ0n) is 19.8. The Hall–Kier alpha value is -2.51. The number of amides is 1. The van der Waals surface area contributed by atoms with Gasteiger partial charge in [-0.15, -0.1) is 0 Å². The molecule has 2 fully saturated rings. The summed E-state index contributed by atoms with van der Waals surface area (Å²) < 4.78 is 5.66. The molecule has 5 rings (SSSR count). The first kappa shape index (κ1) is 22.3. The van der Waals surface area contributed by atoms with E-state index in [1.54, 1.807) is 0 Å². The largest absolute Gasteiger partial charge is 0.381 e. The molecule has 0 unspecified atom stereocenters. The van der Waals surface area contributed by atoms with Gasteiger partial charge in [-0.3, -0.25) is 4.79 Å². The van der Waals surface area contributed by atoms with Crippen LogP contribution in [0.5, 0.6) is 0 Å². The summed E-state index contributed by atoms with van der Waals surface area (Å²) in [5, 5.41) is 3.30. The van der Waals surface area contributed by atoms with Crippen LogP contribution >= 0.6 is 0 Å². The molecule has 0 bridgehead atoms. The first-order valence-corrected chi connectivity index (χ1v) is 12.3. The van der Waals surface area contributed by atoms with Crippen molar-refractivity contribution in [2.45, 2.75) is 50.0 Å². The number of likely N-dealkylation sites (tertiary alicyclic amines) is 1. The Balaban J connectivity index is 1.42. The van der Waals surface area contributed by atoms with Gasteiger partial charge in [0.05, 0.1) is 11.1 Å². The minimum absolute atomic E-state index is 0.167. The van der Waals surface area contributed by atoms with E-state index in [-0.39, 0.29) is 11.8 Å². The zero-order chi connectivity index (χ0) is 22.8. The van der Waals surface area contributed by atoms with Gasteiger partial charge in [-0.05, 0) is 44.7 Å². The maximum absolute atomic E-state index is 14.1. The molecule has 0 spiro atoms. The molecule has 1 atom stereocenters. The van der Waals surface area contributed by atoms with E-state index in [1.807, 2.05) is 25.2 Å². The second-order valence-electron chi connectivity index (χ2n) is 9.74. The Morgan fingerprint density at radius 3 is 2.70 bits per heavy atom. The average molecular weight is 450 g/mol. The molecule has 7 heteroatoms. The fourth-order valence-corrected chi connectivity index (χ4v) is 5.75. The summed E-state index contributed by atoms with van der Waals surface area (Å²) in [6.07, 6.45) is 4.44. The first-order valence-electron chi connectivity index (χ1n) is 12.3. The molecule has 3 aliphatic rings. The SMILES string of the molecule is CNc1nc([C@H]2CCCN(C(=O)C3(c4ccccc4)CCOCC3)C2)nc2c1CCN(C)C2. The van der Waals surface area contributed by atoms with Crippen LogP contribution in [0.3, 0.4) is 0 Å². The second kappa shape index (κ2) is 9.39. The van der Waals surface area contributed by atoms with Gasteiger partial charge in [0.2, 0.25) is 5.91 Å². The number of benzene rings is 1. The molecule has 2 aromatic rings. The molecule has 176 valence electrons. The molecular weight excluding hydrogens is 414 g/mol. The van der Waals surface area contributed by atoms with Crippen LogP contribution in [0.4, 0.5) is 5.82 Å². The lowest BCUT2D eigenvalue weighted by molar-refractivity contribution is -0.142. The molecule has 1 aromatic carbocycles. The van der Waals surface area contributed by atoms with E-state index in [9.17, 15) is 4.79 Å². The van der Waals surface area contributed by atoms with Gasteiger partial charge in [0.15, 0.2) is 0 Å². The Morgan fingerprint density at radius 2 is 1.94 bits per heavy atom. The monoisotopic (exact) mass is 449 g/mol. The predicted molar refractivity (Wildman–Crippen MR) is 128 cm³/mol. The summed E-state index contributed by atoms with van der Waals surface area (Å²) in [6.45, 7) is 4.63. The fraction of sp³-hybridized carbons (Fsp3) is 0.577. The van der Waals surface area contributed by atoms with E-state index < -0.39 is 5.41 Å². The summed E-state index contributed by atoms with van der Waals surface area (Å²) in [6, 6.07) is 10.3. The summed E-state index contributed by atoms with van der Waals surface area (Å²) in [7, 11) is 4.08. The molecule has 0 saturated carbocycles. The summed E-state index contributed by atoms with van der Waals surface area (Å²) in [5.41, 5.74) is 3.00. The third kappa shape index (κ3) is 4.24. The average Bonchev–Trinajstić information content (AvgIpc) is 2.88. The lowest BCUT2D eigenvalue weighted by Crippen LogP contribution is -2.52. The van der Waals surface area contributed by atoms with E-state index in [2.05, 4.69) is 34.3 Å². The van der Waals surface area contributed by atoms with Gasteiger partial charge in [0, 0.05) is 57.9 Å². The number of hydrogen-bond donors (Lipinski definition) is 1. The van der Waals surface area contributed by atoms with Crippen molar-refractivity contribution < 1.29 is 9.53 Å². The van der Waals surface area contributed by atoms with Crippen molar-refractivity contribution in [2.24, 2.45) is 0 Å². The van der Waals surface area contributed by atoms with E-state index in [1.165, 1.54) is 5.56 Å². The highest BCUT2D eigenvalue weighted by Gasteiger charge is 2.45. The number of piperidine rings is 1. The normalized spacial score (nSPS) is 23.1. The van der Waals surface area contributed by atoms with Crippen LogP contribution in [0.15, 0.2) is 30.3 Å². The summed E-state index contributed by atoms with van der Waals surface area (Å²) in [5.74, 6) is 2.25. The molecule has 33 heavy (non-hydrogen) atoms. The first-order chi connectivity index (χ1) is 16.1. The number of aromatic nitrogens is 2. The Morgan fingerprint density at radius 1 is 1.15 bits per heavy atom. The lowest BCUT2D eigenvalue weighted by Gasteiger charge is -2.42. The number of nitrogens with zero attached hydrogens (tertiary/aromatic N) is 4. The zero-order valence-corrected chi connectivity index (χ0v) is 19.8. The molecule has 7 nitrogen and oxygen atoms in total. The minimum atomic E-state index is -0.489. The van der Waals surface area contributed by atoms with Crippen LogP contribution in [0.1, 0.15) is 54.2 Å². The van der Waals surface area contributed by atoms with Crippen LogP contribution < -0.4 is 5.32 Å². The highest BCUT2D eigenvalue weighted by Crippen LogP contribution is 2.39.